The van der Waals surface area contributed by atoms with E-state index in [9.17, 15) is 4.79 Å². The average Bonchev–Trinajstić information content (AvgIpc) is 3.40. The highest BCUT2D eigenvalue weighted by atomic mass is 16.2. The summed E-state index contributed by atoms with van der Waals surface area (Å²) in [5, 5.41) is 1.25. The standard InChI is InChI=1S/C25H27N5O/c31-24(30-14-11-21-19(15-30)18-5-1-2-6-20(18)26-21)16-29-12-9-17(10-13-29)25-27-22-7-3-4-8-23(22)28-25/h1-8,17,26H,9-16H2,(H,27,28). The molecule has 6 nitrogen and oxygen atoms in total. The summed E-state index contributed by atoms with van der Waals surface area (Å²) >= 11 is 0. The van der Waals surface area contributed by atoms with Gasteiger partial charge in [-0.2, -0.15) is 0 Å². The number of amides is 1. The van der Waals surface area contributed by atoms with Gasteiger partial charge in [-0.3, -0.25) is 9.69 Å². The van der Waals surface area contributed by atoms with Gasteiger partial charge in [0.15, 0.2) is 0 Å². The molecule has 0 spiro atoms. The molecular formula is C25H27N5O. The van der Waals surface area contributed by atoms with Crippen LogP contribution in [0.3, 0.4) is 0 Å². The number of H-pyrrole nitrogens is 2. The Morgan fingerprint density at radius 1 is 0.968 bits per heavy atom. The maximum absolute atomic E-state index is 13.1. The molecule has 0 saturated carbocycles. The average molecular weight is 414 g/mol. The van der Waals surface area contributed by atoms with Gasteiger partial charge in [-0.05, 0) is 44.1 Å². The summed E-state index contributed by atoms with van der Waals surface area (Å²) in [7, 11) is 0. The highest BCUT2D eigenvalue weighted by molar-refractivity contribution is 5.86. The third kappa shape index (κ3) is 3.41. The van der Waals surface area contributed by atoms with E-state index in [4.69, 9.17) is 4.98 Å². The molecule has 2 aromatic carbocycles. The Kier molecular flexibility index (Phi) is 4.53. The second-order valence-electron chi connectivity index (χ2n) is 8.88. The van der Waals surface area contributed by atoms with E-state index in [-0.39, 0.29) is 5.91 Å². The van der Waals surface area contributed by atoms with Crippen molar-refractivity contribution in [2.24, 2.45) is 0 Å². The summed E-state index contributed by atoms with van der Waals surface area (Å²) in [6, 6.07) is 16.6. The van der Waals surface area contributed by atoms with E-state index in [1.54, 1.807) is 0 Å². The van der Waals surface area contributed by atoms with Gasteiger partial charge < -0.3 is 14.9 Å². The Morgan fingerprint density at radius 2 is 1.74 bits per heavy atom. The molecule has 31 heavy (non-hydrogen) atoms. The molecule has 158 valence electrons. The van der Waals surface area contributed by atoms with E-state index in [2.05, 4.69) is 51.3 Å². The van der Waals surface area contributed by atoms with Crippen molar-refractivity contribution in [1.82, 2.24) is 24.8 Å². The lowest BCUT2D eigenvalue weighted by molar-refractivity contribution is -0.133. The number of benzene rings is 2. The third-order valence-electron chi connectivity index (χ3n) is 6.98. The SMILES string of the molecule is O=C(CN1CCC(c2nc3ccccc3[nH]2)CC1)N1CCc2[nH]c3ccccc3c2C1. The maximum atomic E-state index is 13.1. The molecule has 4 aromatic rings. The van der Waals surface area contributed by atoms with Gasteiger partial charge in [0.2, 0.25) is 5.91 Å². The molecule has 2 aliphatic rings. The highest BCUT2D eigenvalue weighted by Crippen LogP contribution is 2.29. The number of piperidine rings is 1. The van der Waals surface area contributed by atoms with Crippen molar-refractivity contribution >= 4 is 27.8 Å². The molecule has 0 aliphatic carbocycles. The number of aromatic nitrogens is 3. The number of likely N-dealkylation sites (tertiary alicyclic amines) is 1. The Morgan fingerprint density at radius 3 is 2.58 bits per heavy atom. The van der Waals surface area contributed by atoms with Crippen molar-refractivity contribution in [3.8, 4) is 0 Å². The van der Waals surface area contributed by atoms with E-state index < -0.39 is 0 Å². The van der Waals surface area contributed by atoms with Crippen molar-refractivity contribution in [2.75, 3.05) is 26.2 Å². The van der Waals surface area contributed by atoms with Crippen molar-refractivity contribution in [3.05, 3.63) is 65.6 Å². The molecule has 6 rings (SSSR count). The normalized spacial score (nSPS) is 18.0. The van der Waals surface area contributed by atoms with Crippen molar-refractivity contribution < 1.29 is 4.79 Å². The molecule has 4 heterocycles. The van der Waals surface area contributed by atoms with Gasteiger partial charge in [0, 0.05) is 47.6 Å². The zero-order valence-electron chi connectivity index (χ0n) is 17.6. The molecule has 0 atom stereocenters. The topological polar surface area (TPSA) is 68.0 Å². The van der Waals surface area contributed by atoms with E-state index in [1.165, 1.54) is 22.2 Å². The second-order valence-corrected chi connectivity index (χ2v) is 8.88. The van der Waals surface area contributed by atoms with Crippen LogP contribution in [-0.4, -0.2) is 56.8 Å². The highest BCUT2D eigenvalue weighted by Gasteiger charge is 2.28. The van der Waals surface area contributed by atoms with Gasteiger partial charge in [-0.1, -0.05) is 30.3 Å². The smallest absolute Gasteiger partial charge is 0.237 e. The first kappa shape index (κ1) is 18.6. The maximum Gasteiger partial charge on any atom is 0.237 e. The van der Waals surface area contributed by atoms with Crippen molar-refractivity contribution in [1.29, 1.82) is 0 Å². The van der Waals surface area contributed by atoms with Crippen LogP contribution in [0, 0.1) is 0 Å². The molecule has 0 radical (unpaired) electrons. The van der Waals surface area contributed by atoms with Crippen molar-refractivity contribution in [3.63, 3.8) is 0 Å². The zero-order chi connectivity index (χ0) is 20.8. The zero-order valence-corrected chi connectivity index (χ0v) is 17.6. The first-order chi connectivity index (χ1) is 15.2. The van der Waals surface area contributed by atoms with Gasteiger partial charge in [0.1, 0.15) is 5.82 Å². The monoisotopic (exact) mass is 413 g/mol. The number of hydrogen-bond donors (Lipinski definition) is 2. The molecular weight excluding hydrogens is 386 g/mol. The summed E-state index contributed by atoms with van der Waals surface area (Å²) in [5.41, 5.74) is 5.90. The van der Waals surface area contributed by atoms with Gasteiger partial charge in [0.05, 0.1) is 17.6 Å². The molecule has 0 unspecified atom stereocenters. The Balaban J connectivity index is 1.08. The lowest BCUT2D eigenvalue weighted by Gasteiger charge is -2.33. The summed E-state index contributed by atoms with van der Waals surface area (Å²) in [6.45, 7) is 3.92. The Hall–Kier alpha value is -3.12. The Bertz CT molecular complexity index is 1210. The second kappa shape index (κ2) is 7.54. The summed E-state index contributed by atoms with van der Waals surface area (Å²) in [5.74, 6) is 1.79. The van der Waals surface area contributed by atoms with E-state index in [0.717, 1.165) is 55.8 Å². The molecule has 2 aromatic heterocycles. The fourth-order valence-electron chi connectivity index (χ4n) is 5.20. The van der Waals surface area contributed by atoms with Crippen LogP contribution in [0.2, 0.25) is 0 Å². The minimum Gasteiger partial charge on any atom is -0.358 e. The van der Waals surface area contributed by atoms with Crippen LogP contribution in [-0.2, 0) is 17.8 Å². The number of aromatic amines is 2. The van der Waals surface area contributed by atoms with Gasteiger partial charge in [-0.15, -0.1) is 0 Å². The van der Waals surface area contributed by atoms with Gasteiger partial charge in [0.25, 0.3) is 0 Å². The quantitative estimate of drug-likeness (QED) is 0.537. The molecule has 1 saturated heterocycles. The summed E-state index contributed by atoms with van der Waals surface area (Å²) < 4.78 is 0. The molecule has 2 N–H and O–H groups in total. The van der Waals surface area contributed by atoms with E-state index in [1.807, 2.05) is 17.0 Å². The van der Waals surface area contributed by atoms with E-state index >= 15 is 0 Å². The van der Waals surface area contributed by atoms with Crippen LogP contribution in [0.1, 0.15) is 35.8 Å². The minimum atomic E-state index is 0.248. The summed E-state index contributed by atoms with van der Waals surface area (Å²) in [6.07, 6.45) is 2.99. The fraction of sp³-hybridized carbons (Fsp3) is 0.360. The molecule has 2 aliphatic heterocycles. The predicted molar refractivity (Wildman–Crippen MR) is 122 cm³/mol. The first-order valence-electron chi connectivity index (χ1n) is 11.3. The number of para-hydroxylation sites is 3. The largest absolute Gasteiger partial charge is 0.358 e. The molecule has 1 amide bonds. The van der Waals surface area contributed by atoms with Crippen LogP contribution in [0.15, 0.2) is 48.5 Å². The fourth-order valence-corrected chi connectivity index (χ4v) is 5.20. The lowest BCUT2D eigenvalue weighted by atomic mass is 9.96. The molecule has 1 fully saturated rings. The number of nitrogens with zero attached hydrogens (tertiary/aromatic N) is 3. The third-order valence-corrected chi connectivity index (χ3v) is 6.98. The van der Waals surface area contributed by atoms with Crippen LogP contribution in [0.25, 0.3) is 21.9 Å². The van der Waals surface area contributed by atoms with Gasteiger partial charge in [-0.25, -0.2) is 4.98 Å². The molecule has 0 bridgehead atoms. The molecule has 6 heteroatoms. The van der Waals surface area contributed by atoms with Crippen LogP contribution in [0.4, 0.5) is 0 Å². The van der Waals surface area contributed by atoms with Gasteiger partial charge >= 0.3 is 0 Å². The summed E-state index contributed by atoms with van der Waals surface area (Å²) in [4.78, 5) is 29.2. The van der Waals surface area contributed by atoms with E-state index in [0.29, 0.717) is 19.0 Å². The van der Waals surface area contributed by atoms with Crippen LogP contribution in [0.5, 0.6) is 0 Å². The lowest BCUT2D eigenvalue weighted by Crippen LogP contribution is -2.44. The number of carbonyl (C=O) groups is 1. The predicted octanol–water partition coefficient (Wildman–Crippen LogP) is 3.81. The Labute approximate surface area is 181 Å². The van der Waals surface area contributed by atoms with Crippen LogP contribution < -0.4 is 0 Å². The first-order valence-corrected chi connectivity index (χ1v) is 11.3. The van der Waals surface area contributed by atoms with Crippen molar-refractivity contribution in [2.45, 2.75) is 31.7 Å². The number of fused-ring (bicyclic) bond motifs is 4. The number of imidazole rings is 1. The number of carbonyl (C=O) groups excluding carboxylic acids is 1. The van der Waals surface area contributed by atoms with Crippen LogP contribution >= 0.6 is 0 Å². The number of hydrogen-bond acceptors (Lipinski definition) is 3. The number of rotatable bonds is 3. The number of nitrogens with one attached hydrogen (secondary N) is 2. The minimum absolute atomic E-state index is 0.248.